The average molecular weight is 365 g/mol. The predicted octanol–water partition coefficient (Wildman–Crippen LogP) is 4.69. The molecule has 2 aromatic rings. The monoisotopic (exact) mass is 363 g/mol. The van der Waals surface area contributed by atoms with Crippen molar-refractivity contribution < 1.29 is 8.42 Å². The van der Waals surface area contributed by atoms with Crippen LogP contribution in [0.25, 0.3) is 0 Å². The highest BCUT2D eigenvalue weighted by atomic mass is 35.5. The smallest absolute Gasteiger partial charge is 0.207 e. The van der Waals surface area contributed by atoms with E-state index in [-0.39, 0.29) is 14.9 Å². The van der Waals surface area contributed by atoms with Crippen molar-refractivity contribution in [2.75, 3.05) is 0 Å². The summed E-state index contributed by atoms with van der Waals surface area (Å²) in [4.78, 5) is -0.117. The topological polar surface area (TPSA) is 46.2 Å². The van der Waals surface area contributed by atoms with Gasteiger partial charge in [0.15, 0.2) is 0 Å². The minimum absolute atomic E-state index is 0.0818. The van der Waals surface area contributed by atoms with E-state index < -0.39 is 16.1 Å². The van der Waals surface area contributed by atoms with E-state index in [0.717, 1.165) is 5.56 Å². The Hall–Kier alpha value is -0.780. The molecule has 0 bridgehead atoms. The fraction of sp³-hybridized carbons (Fsp3) is 0.143. The van der Waals surface area contributed by atoms with E-state index in [0.29, 0.717) is 5.02 Å². The van der Waals surface area contributed by atoms with Gasteiger partial charge in [0.2, 0.25) is 10.0 Å². The Morgan fingerprint density at radius 2 is 1.48 bits per heavy atom. The van der Waals surface area contributed by atoms with Gasteiger partial charge in [0.1, 0.15) is 4.90 Å². The lowest BCUT2D eigenvalue weighted by Gasteiger charge is -2.16. The Morgan fingerprint density at radius 1 is 0.952 bits per heavy atom. The SMILES string of the molecule is CC(NS(=O)(=O)c1c(Cl)cccc1Cl)c1ccc(Cl)cc1. The van der Waals surface area contributed by atoms with E-state index >= 15 is 0 Å². The highest BCUT2D eigenvalue weighted by Crippen LogP contribution is 2.30. The van der Waals surface area contributed by atoms with Crippen molar-refractivity contribution in [2.45, 2.75) is 17.9 Å². The Bertz CT molecular complexity index is 725. The molecule has 0 fully saturated rings. The minimum Gasteiger partial charge on any atom is -0.207 e. The Morgan fingerprint density at radius 3 is 2.00 bits per heavy atom. The molecule has 0 aliphatic rings. The van der Waals surface area contributed by atoms with Gasteiger partial charge in [-0.25, -0.2) is 13.1 Å². The summed E-state index contributed by atoms with van der Waals surface area (Å²) < 4.78 is 27.4. The van der Waals surface area contributed by atoms with Gasteiger partial charge < -0.3 is 0 Å². The summed E-state index contributed by atoms with van der Waals surface area (Å²) in [7, 11) is -3.83. The van der Waals surface area contributed by atoms with Crippen LogP contribution < -0.4 is 4.72 Å². The Labute approximate surface area is 138 Å². The maximum absolute atomic E-state index is 12.4. The summed E-state index contributed by atoms with van der Waals surface area (Å²) in [6, 6.07) is 11.0. The van der Waals surface area contributed by atoms with Crippen LogP contribution in [0.5, 0.6) is 0 Å². The molecule has 2 rings (SSSR count). The zero-order valence-corrected chi connectivity index (χ0v) is 14.1. The van der Waals surface area contributed by atoms with Gasteiger partial charge in [-0.05, 0) is 36.8 Å². The molecule has 0 amide bonds. The fourth-order valence-corrected chi connectivity index (χ4v) is 4.35. The second-order valence-electron chi connectivity index (χ2n) is 4.45. The number of nitrogens with one attached hydrogen (secondary N) is 1. The molecule has 0 aromatic heterocycles. The largest absolute Gasteiger partial charge is 0.244 e. The first-order valence-corrected chi connectivity index (χ1v) is 8.65. The summed E-state index contributed by atoms with van der Waals surface area (Å²) in [5, 5.41) is 0.750. The molecule has 1 atom stereocenters. The molecule has 21 heavy (non-hydrogen) atoms. The molecule has 1 unspecified atom stereocenters. The maximum Gasteiger partial charge on any atom is 0.244 e. The normalized spacial score (nSPS) is 13.1. The first-order chi connectivity index (χ1) is 9.81. The van der Waals surface area contributed by atoms with Gasteiger partial charge in [0.05, 0.1) is 10.0 Å². The molecular weight excluding hydrogens is 353 g/mol. The molecule has 0 aliphatic heterocycles. The van der Waals surface area contributed by atoms with Crippen LogP contribution in [0.1, 0.15) is 18.5 Å². The lowest BCUT2D eigenvalue weighted by Crippen LogP contribution is -2.27. The van der Waals surface area contributed by atoms with Crippen molar-refractivity contribution in [2.24, 2.45) is 0 Å². The number of hydrogen-bond donors (Lipinski definition) is 1. The van der Waals surface area contributed by atoms with Crippen LogP contribution in [-0.2, 0) is 10.0 Å². The van der Waals surface area contributed by atoms with Crippen LogP contribution in [0.4, 0.5) is 0 Å². The van der Waals surface area contributed by atoms with Gasteiger partial charge in [-0.3, -0.25) is 0 Å². The fourth-order valence-electron chi connectivity index (χ4n) is 1.85. The lowest BCUT2D eigenvalue weighted by molar-refractivity contribution is 0.567. The number of halogens is 3. The first-order valence-electron chi connectivity index (χ1n) is 6.03. The zero-order chi connectivity index (χ0) is 15.6. The van der Waals surface area contributed by atoms with Crippen LogP contribution in [0, 0.1) is 0 Å². The summed E-state index contributed by atoms with van der Waals surface area (Å²) >= 11 is 17.7. The number of rotatable bonds is 4. The van der Waals surface area contributed by atoms with Crippen molar-refractivity contribution in [3.05, 3.63) is 63.1 Å². The van der Waals surface area contributed by atoms with Gasteiger partial charge in [-0.15, -0.1) is 0 Å². The summed E-state index contributed by atoms with van der Waals surface area (Å²) in [5.41, 5.74) is 0.783. The third kappa shape index (κ3) is 3.90. The molecule has 0 saturated heterocycles. The summed E-state index contributed by atoms with van der Waals surface area (Å²) in [5.74, 6) is 0. The number of sulfonamides is 1. The van der Waals surface area contributed by atoms with Crippen molar-refractivity contribution >= 4 is 44.8 Å². The molecule has 0 heterocycles. The van der Waals surface area contributed by atoms with E-state index in [1.165, 1.54) is 12.1 Å². The second-order valence-corrected chi connectivity index (χ2v) is 7.35. The van der Waals surface area contributed by atoms with Gasteiger partial charge in [-0.1, -0.05) is 53.0 Å². The van der Waals surface area contributed by atoms with E-state index in [1.54, 1.807) is 37.3 Å². The van der Waals surface area contributed by atoms with Crippen LogP contribution in [0.2, 0.25) is 15.1 Å². The third-order valence-corrected chi connectivity index (χ3v) is 5.64. The molecule has 7 heteroatoms. The number of hydrogen-bond acceptors (Lipinski definition) is 2. The van der Waals surface area contributed by atoms with E-state index in [2.05, 4.69) is 4.72 Å². The van der Waals surface area contributed by atoms with E-state index in [4.69, 9.17) is 34.8 Å². The number of benzene rings is 2. The van der Waals surface area contributed by atoms with Gasteiger partial charge >= 0.3 is 0 Å². The van der Waals surface area contributed by atoms with Crippen molar-refractivity contribution in [1.82, 2.24) is 4.72 Å². The van der Waals surface area contributed by atoms with Crippen molar-refractivity contribution in [3.8, 4) is 0 Å². The molecule has 112 valence electrons. The molecule has 0 radical (unpaired) electrons. The van der Waals surface area contributed by atoms with Crippen molar-refractivity contribution in [1.29, 1.82) is 0 Å². The van der Waals surface area contributed by atoms with Gasteiger partial charge in [-0.2, -0.15) is 0 Å². The van der Waals surface area contributed by atoms with Crippen LogP contribution in [0.3, 0.4) is 0 Å². The van der Waals surface area contributed by atoms with Crippen LogP contribution in [0.15, 0.2) is 47.4 Å². The quantitative estimate of drug-likeness (QED) is 0.855. The summed E-state index contributed by atoms with van der Waals surface area (Å²) in [6.45, 7) is 1.73. The van der Waals surface area contributed by atoms with Crippen LogP contribution >= 0.6 is 34.8 Å². The maximum atomic E-state index is 12.4. The summed E-state index contributed by atoms with van der Waals surface area (Å²) in [6.07, 6.45) is 0. The zero-order valence-electron chi connectivity index (χ0n) is 11.0. The average Bonchev–Trinajstić information content (AvgIpc) is 2.38. The molecule has 0 aliphatic carbocycles. The first kappa shape index (κ1) is 16.6. The molecule has 1 N–H and O–H groups in total. The molecule has 2 aromatic carbocycles. The highest BCUT2D eigenvalue weighted by molar-refractivity contribution is 7.89. The molecule has 3 nitrogen and oxygen atoms in total. The predicted molar refractivity (Wildman–Crippen MR) is 86.7 cm³/mol. The Balaban J connectivity index is 2.31. The second kappa shape index (κ2) is 6.55. The molecule has 0 spiro atoms. The molecule has 0 saturated carbocycles. The standard InChI is InChI=1S/C14H12Cl3NO2S/c1-9(10-5-7-11(15)8-6-10)18-21(19,20)14-12(16)3-2-4-13(14)17/h2-9,18H,1H3. The minimum atomic E-state index is -3.83. The van der Waals surface area contributed by atoms with Gasteiger partial charge in [0, 0.05) is 11.1 Å². The van der Waals surface area contributed by atoms with E-state index in [1.807, 2.05) is 0 Å². The highest BCUT2D eigenvalue weighted by Gasteiger charge is 2.23. The van der Waals surface area contributed by atoms with Crippen LogP contribution in [-0.4, -0.2) is 8.42 Å². The van der Waals surface area contributed by atoms with Crippen molar-refractivity contribution in [3.63, 3.8) is 0 Å². The van der Waals surface area contributed by atoms with Gasteiger partial charge in [0.25, 0.3) is 0 Å². The lowest BCUT2D eigenvalue weighted by atomic mass is 10.1. The Kier molecular flexibility index (Phi) is 5.17. The third-order valence-electron chi connectivity index (χ3n) is 2.89. The van der Waals surface area contributed by atoms with E-state index in [9.17, 15) is 8.42 Å². The molecular formula is C14H12Cl3NO2S.